The van der Waals surface area contributed by atoms with Crippen LogP contribution < -0.4 is 5.32 Å². The molecule has 1 aliphatic rings. The topological polar surface area (TPSA) is 12.0 Å². The van der Waals surface area contributed by atoms with Crippen molar-refractivity contribution in [3.63, 3.8) is 0 Å². The number of nitrogens with one attached hydrogen (secondary N) is 1. The maximum Gasteiger partial charge on any atom is 0.0136 e. The van der Waals surface area contributed by atoms with Crippen molar-refractivity contribution in [1.29, 1.82) is 0 Å². The Balaban J connectivity index is 1.90. The highest BCUT2D eigenvalue weighted by atomic mass is 14.9. The van der Waals surface area contributed by atoms with Gasteiger partial charge in [-0.25, -0.2) is 0 Å². The molecular weight excluding hydrogens is 254 g/mol. The third-order valence-electron chi connectivity index (χ3n) is 4.94. The zero-order valence-corrected chi connectivity index (χ0v) is 14.0. The maximum atomic E-state index is 3.84. The summed E-state index contributed by atoms with van der Waals surface area (Å²) in [5.74, 6) is 0.749. The Bertz CT molecular complexity index is 399. The van der Waals surface area contributed by atoms with E-state index >= 15 is 0 Å². The lowest BCUT2D eigenvalue weighted by Gasteiger charge is -2.26. The summed E-state index contributed by atoms with van der Waals surface area (Å²) in [6, 6.07) is 9.80. The summed E-state index contributed by atoms with van der Waals surface area (Å²) in [6.07, 6.45) is 12.2. The average Bonchev–Trinajstić information content (AvgIpc) is 2.94. The fourth-order valence-corrected chi connectivity index (χ4v) is 3.75. The highest BCUT2D eigenvalue weighted by Gasteiger charge is 2.28. The second-order valence-electron chi connectivity index (χ2n) is 6.61. The van der Waals surface area contributed by atoms with E-state index in [1.165, 1.54) is 57.8 Å². The molecule has 0 spiro atoms. The number of hydrogen-bond donors (Lipinski definition) is 1. The van der Waals surface area contributed by atoms with Gasteiger partial charge in [0, 0.05) is 6.04 Å². The predicted molar refractivity (Wildman–Crippen MR) is 93.0 cm³/mol. The summed E-state index contributed by atoms with van der Waals surface area (Å²) >= 11 is 0. The molecule has 0 amide bonds. The standard InChI is InChI=1S/C20H33N/c1-3-5-6-7-8-13-20(21-16-4-2)19-15-14-17-11-9-10-12-18(17)19/h9-12,19-21H,3-8,13-16H2,1-2H3. The Hall–Kier alpha value is -0.820. The zero-order chi connectivity index (χ0) is 14.9. The van der Waals surface area contributed by atoms with Crippen molar-refractivity contribution in [3.05, 3.63) is 35.4 Å². The lowest BCUT2D eigenvalue weighted by Crippen LogP contribution is -2.34. The van der Waals surface area contributed by atoms with E-state index in [-0.39, 0.29) is 0 Å². The van der Waals surface area contributed by atoms with Gasteiger partial charge in [-0.2, -0.15) is 0 Å². The normalized spacial score (nSPS) is 18.7. The van der Waals surface area contributed by atoms with Gasteiger partial charge in [-0.1, -0.05) is 70.2 Å². The average molecular weight is 287 g/mol. The van der Waals surface area contributed by atoms with Crippen LogP contribution in [0.25, 0.3) is 0 Å². The molecule has 0 heterocycles. The van der Waals surface area contributed by atoms with E-state index in [1.807, 2.05) is 0 Å². The van der Waals surface area contributed by atoms with E-state index in [1.54, 1.807) is 11.1 Å². The zero-order valence-electron chi connectivity index (χ0n) is 14.0. The van der Waals surface area contributed by atoms with Gasteiger partial charge in [0.05, 0.1) is 0 Å². The number of fused-ring (bicyclic) bond motifs is 1. The van der Waals surface area contributed by atoms with E-state index in [4.69, 9.17) is 0 Å². The van der Waals surface area contributed by atoms with E-state index in [2.05, 4.69) is 43.4 Å². The van der Waals surface area contributed by atoms with Crippen LogP contribution in [-0.4, -0.2) is 12.6 Å². The first kappa shape index (κ1) is 16.5. The molecule has 1 N–H and O–H groups in total. The summed E-state index contributed by atoms with van der Waals surface area (Å²) < 4.78 is 0. The van der Waals surface area contributed by atoms with Gasteiger partial charge in [-0.05, 0) is 49.3 Å². The van der Waals surface area contributed by atoms with Crippen LogP contribution in [0.1, 0.15) is 82.3 Å². The highest BCUT2D eigenvalue weighted by molar-refractivity contribution is 5.36. The summed E-state index contributed by atoms with van der Waals surface area (Å²) in [7, 11) is 0. The van der Waals surface area contributed by atoms with E-state index in [0.717, 1.165) is 12.5 Å². The third kappa shape index (κ3) is 4.85. The first-order chi connectivity index (χ1) is 10.4. The minimum atomic E-state index is 0.690. The monoisotopic (exact) mass is 287 g/mol. The van der Waals surface area contributed by atoms with Gasteiger partial charge in [0.1, 0.15) is 0 Å². The van der Waals surface area contributed by atoms with Crippen molar-refractivity contribution in [1.82, 2.24) is 5.32 Å². The molecule has 1 nitrogen and oxygen atoms in total. The smallest absolute Gasteiger partial charge is 0.0136 e. The van der Waals surface area contributed by atoms with Gasteiger partial charge in [0.15, 0.2) is 0 Å². The van der Waals surface area contributed by atoms with Crippen LogP contribution >= 0.6 is 0 Å². The molecule has 21 heavy (non-hydrogen) atoms. The molecule has 118 valence electrons. The van der Waals surface area contributed by atoms with Crippen LogP contribution in [0.3, 0.4) is 0 Å². The minimum Gasteiger partial charge on any atom is -0.313 e. The third-order valence-corrected chi connectivity index (χ3v) is 4.94. The van der Waals surface area contributed by atoms with E-state index < -0.39 is 0 Å². The van der Waals surface area contributed by atoms with Gasteiger partial charge in [0.2, 0.25) is 0 Å². The predicted octanol–water partition coefficient (Wildman–Crippen LogP) is 5.45. The number of rotatable bonds is 10. The van der Waals surface area contributed by atoms with Gasteiger partial charge in [-0.15, -0.1) is 0 Å². The van der Waals surface area contributed by atoms with Crippen molar-refractivity contribution in [2.75, 3.05) is 6.54 Å². The molecule has 0 saturated heterocycles. The molecule has 0 aromatic heterocycles. The van der Waals surface area contributed by atoms with Gasteiger partial charge >= 0.3 is 0 Å². The van der Waals surface area contributed by atoms with Crippen LogP contribution in [0.15, 0.2) is 24.3 Å². The van der Waals surface area contributed by atoms with Crippen LogP contribution in [-0.2, 0) is 6.42 Å². The second-order valence-corrected chi connectivity index (χ2v) is 6.61. The lowest BCUT2D eigenvalue weighted by molar-refractivity contribution is 0.389. The summed E-state index contributed by atoms with van der Waals surface area (Å²) in [5.41, 5.74) is 3.22. The number of unbranched alkanes of at least 4 members (excludes halogenated alkanes) is 4. The molecule has 1 aromatic carbocycles. The largest absolute Gasteiger partial charge is 0.313 e. The Morgan fingerprint density at radius 1 is 1.05 bits per heavy atom. The van der Waals surface area contributed by atoms with E-state index in [9.17, 15) is 0 Å². The van der Waals surface area contributed by atoms with Crippen molar-refractivity contribution < 1.29 is 0 Å². The molecule has 2 atom stereocenters. The van der Waals surface area contributed by atoms with E-state index in [0.29, 0.717) is 6.04 Å². The molecule has 1 aliphatic carbocycles. The summed E-state index contributed by atoms with van der Waals surface area (Å²) in [5, 5.41) is 3.84. The number of hydrogen-bond acceptors (Lipinski definition) is 1. The van der Waals surface area contributed by atoms with Crippen molar-refractivity contribution in [3.8, 4) is 0 Å². The molecular formula is C20H33N. The first-order valence-electron chi connectivity index (χ1n) is 9.18. The highest BCUT2D eigenvalue weighted by Crippen LogP contribution is 2.36. The van der Waals surface area contributed by atoms with Crippen molar-refractivity contribution in [2.45, 2.75) is 83.6 Å². The molecule has 0 radical (unpaired) electrons. The molecule has 0 saturated carbocycles. The number of benzene rings is 1. The van der Waals surface area contributed by atoms with Crippen LogP contribution in [0, 0.1) is 0 Å². The Kier molecular flexibility index (Phi) is 7.29. The van der Waals surface area contributed by atoms with Crippen molar-refractivity contribution in [2.24, 2.45) is 0 Å². The molecule has 2 rings (SSSR count). The van der Waals surface area contributed by atoms with Gasteiger partial charge < -0.3 is 5.32 Å². The Morgan fingerprint density at radius 2 is 1.86 bits per heavy atom. The fourth-order valence-electron chi connectivity index (χ4n) is 3.75. The summed E-state index contributed by atoms with van der Waals surface area (Å²) in [6.45, 7) is 5.73. The first-order valence-corrected chi connectivity index (χ1v) is 9.18. The van der Waals surface area contributed by atoms with Crippen LogP contribution in [0.5, 0.6) is 0 Å². The molecule has 0 bridgehead atoms. The van der Waals surface area contributed by atoms with Crippen LogP contribution in [0.2, 0.25) is 0 Å². The molecule has 0 aliphatic heterocycles. The second kappa shape index (κ2) is 9.25. The maximum absolute atomic E-state index is 3.84. The molecule has 1 aromatic rings. The van der Waals surface area contributed by atoms with Crippen LogP contribution in [0.4, 0.5) is 0 Å². The Morgan fingerprint density at radius 3 is 2.67 bits per heavy atom. The minimum absolute atomic E-state index is 0.690. The SMILES string of the molecule is CCCCCCCC(NCCC)C1CCc2ccccc21. The van der Waals surface area contributed by atoms with Gasteiger partial charge in [-0.3, -0.25) is 0 Å². The quantitative estimate of drug-likeness (QED) is 0.565. The molecule has 2 unspecified atom stereocenters. The molecule has 0 fully saturated rings. The van der Waals surface area contributed by atoms with Gasteiger partial charge in [0.25, 0.3) is 0 Å². The lowest BCUT2D eigenvalue weighted by atomic mass is 9.89. The summed E-state index contributed by atoms with van der Waals surface area (Å²) in [4.78, 5) is 0. The van der Waals surface area contributed by atoms with Crippen molar-refractivity contribution >= 4 is 0 Å². The number of aryl methyl sites for hydroxylation is 1. The molecule has 1 heteroatoms. The Labute approximate surface area is 131 Å². The fraction of sp³-hybridized carbons (Fsp3) is 0.700.